The van der Waals surface area contributed by atoms with Crippen LogP contribution in [0.4, 0.5) is 0 Å². The van der Waals surface area contributed by atoms with E-state index in [-0.39, 0.29) is 10.3 Å². The first-order chi connectivity index (χ1) is 5.04. The first kappa shape index (κ1) is 8.46. The van der Waals surface area contributed by atoms with E-state index in [4.69, 9.17) is 0 Å². The Morgan fingerprint density at radius 3 is 2.64 bits per heavy atom. The van der Waals surface area contributed by atoms with E-state index in [9.17, 15) is 10.1 Å². The molecule has 1 aliphatic rings. The summed E-state index contributed by atoms with van der Waals surface area (Å²) in [4.78, 5) is 10.4. The molecule has 11 heavy (non-hydrogen) atoms. The van der Waals surface area contributed by atoms with Crippen LogP contribution in [0.25, 0.3) is 0 Å². The van der Waals surface area contributed by atoms with E-state index >= 15 is 0 Å². The molecule has 4 heteroatoms. The van der Waals surface area contributed by atoms with Gasteiger partial charge < -0.3 is 5.32 Å². The highest BCUT2D eigenvalue weighted by Gasteiger charge is 2.40. The van der Waals surface area contributed by atoms with Crippen LogP contribution in [0.5, 0.6) is 0 Å². The van der Waals surface area contributed by atoms with Gasteiger partial charge in [0.2, 0.25) is 6.04 Å². The van der Waals surface area contributed by atoms with Crippen LogP contribution in [0.1, 0.15) is 20.3 Å². The molecule has 1 rings (SSSR count). The molecule has 1 aliphatic heterocycles. The van der Waals surface area contributed by atoms with E-state index in [1.54, 1.807) is 0 Å². The molecule has 0 aliphatic carbocycles. The molecule has 64 valence electrons. The van der Waals surface area contributed by atoms with Crippen LogP contribution < -0.4 is 5.32 Å². The van der Waals surface area contributed by atoms with Crippen LogP contribution in [0.15, 0.2) is 0 Å². The number of nitro groups is 1. The van der Waals surface area contributed by atoms with Gasteiger partial charge in [0.1, 0.15) is 0 Å². The third-order valence-electron chi connectivity index (χ3n) is 2.44. The molecule has 4 nitrogen and oxygen atoms in total. The Labute approximate surface area is 66.1 Å². The van der Waals surface area contributed by atoms with Crippen LogP contribution >= 0.6 is 0 Å². The third-order valence-corrected chi connectivity index (χ3v) is 2.44. The van der Waals surface area contributed by atoms with Crippen molar-refractivity contribution in [2.45, 2.75) is 26.3 Å². The van der Waals surface area contributed by atoms with Gasteiger partial charge in [0.15, 0.2) is 0 Å². The van der Waals surface area contributed by atoms with Gasteiger partial charge in [-0.1, -0.05) is 13.8 Å². The zero-order chi connectivity index (χ0) is 8.48. The first-order valence-corrected chi connectivity index (χ1v) is 3.88. The summed E-state index contributed by atoms with van der Waals surface area (Å²) in [6, 6.07) is -0.420. The molecular formula is C7H14N2O2. The first-order valence-electron chi connectivity index (χ1n) is 3.88. The van der Waals surface area contributed by atoms with E-state index in [1.165, 1.54) is 0 Å². The molecule has 1 N–H and O–H groups in total. The van der Waals surface area contributed by atoms with Crippen molar-refractivity contribution < 1.29 is 4.92 Å². The molecule has 1 fully saturated rings. The number of hydrogen-bond donors (Lipinski definition) is 1. The molecular weight excluding hydrogens is 144 g/mol. The van der Waals surface area contributed by atoms with Crippen molar-refractivity contribution >= 4 is 0 Å². The maximum atomic E-state index is 10.5. The van der Waals surface area contributed by atoms with Crippen molar-refractivity contribution in [3.8, 4) is 0 Å². The van der Waals surface area contributed by atoms with Crippen molar-refractivity contribution in [2.24, 2.45) is 5.41 Å². The summed E-state index contributed by atoms with van der Waals surface area (Å²) in [6.07, 6.45) is 0.888. The average molecular weight is 158 g/mol. The molecule has 0 spiro atoms. The lowest BCUT2D eigenvalue weighted by atomic mass is 9.79. The zero-order valence-electron chi connectivity index (χ0n) is 6.96. The summed E-state index contributed by atoms with van der Waals surface area (Å²) in [6.45, 7) is 5.33. The molecule has 0 amide bonds. The van der Waals surface area contributed by atoms with E-state index in [2.05, 4.69) is 5.32 Å². The molecule has 0 aromatic rings. The van der Waals surface area contributed by atoms with Gasteiger partial charge in [-0.2, -0.15) is 0 Å². The molecule has 0 radical (unpaired) electrons. The fourth-order valence-corrected chi connectivity index (χ4v) is 1.45. The average Bonchev–Trinajstić information content (AvgIpc) is 1.85. The molecule has 1 atom stereocenters. The maximum absolute atomic E-state index is 10.5. The van der Waals surface area contributed by atoms with Gasteiger partial charge in [-0.15, -0.1) is 0 Å². The van der Waals surface area contributed by atoms with E-state index in [1.807, 2.05) is 13.8 Å². The minimum absolute atomic E-state index is 0.144. The topological polar surface area (TPSA) is 55.2 Å². The highest BCUT2D eigenvalue weighted by molar-refractivity contribution is 4.84. The minimum Gasteiger partial charge on any atom is -0.310 e. The normalized spacial score (nSPS) is 29.8. The lowest BCUT2D eigenvalue weighted by Gasteiger charge is -2.32. The Kier molecular flexibility index (Phi) is 2.13. The third kappa shape index (κ3) is 1.68. The second-order valence-electron chi connectivity index (χ2n) is 3.74. The lowest BCUT2D eigenvalue weighted by molar-refractivity contribution is -0.541. The van der Waals surface area contributed by atoms with Crippen molar-refractivity contribution in [1.82, 2.24) is 5.32 Å². The van der Waals surface area contributed by atoms with E-state index in [0.29, 0.717) is 6.54 Å². The Bertz CT molecular complexity index is 168. The predicted molar refractivity (Wildman–Crippen MR) is 42.1 cm³/mol. The van der Waals surface area contributed by atoms with Crippen molar-refractivity contribution in [1.29, 1.82) is 0 Å². The molecule has 0 saturated carbocycles. The van der Waals surface area contributed by atoms with Crippen molar-refractivity contribution in [3.05, 3.63) is 10.1 Å². The predicted octanol–water partition coefficient (Wildman–Crippen LogP) is 0.651. The number of rotatable bonds is 1. The highest BCUT2D eigenvalue weighted by Crippen LogP contribution is 2.28. The van der Waals surface area contributed by atoms with Gasteiger partial charge in [0, 0.05) is 10.3 Å². The second-order valence-corrected chi connectivity index (χ2v) is 3.74. The van der Waals surface area contributed by atoms with Gasteiger partial charge in [-0.25, -0.2) is 0 Å². The molecule has 1 heterocycles. The quantitative estimate of drug-likeness (QED) is 0.450. The molecule has 1 saturated heterocycles. The lowest BCUT2D eigenvalue weighted by Crippen LogP contribution is -2.49. The van der Waals surface area contributed by atoms with Crippen LogP contribution in [0, 0.1) is 15.5 Å². The molecule has 0 unspecified atom stereocenters. The van der Waals surface area contributed by atoms with Crippen molar-refractivity contribution in [3.63, 3.8) is 0 Å². The molecule has 0 bridgehead atoms. The maximum Gasteiger partial charge on any atom is 0.230 e. The van der Waals surface area contributed by atoms with Crippen LogP contribution in [-0.2, 0) is 0 Å². The van der Waals surface area contributed by atoms with Gasteiger partial charge in [-0.05, 0) is 13.0 Å². The van der Waals surface area contributed by atoms with Crippen molar-refractivity contribution in [2.75, 3.05) is 13.1 Å². The summed E-state index contributed by atoms with van der Waals surface area (Å²) >= 11 is 0. The Hall–Kier alpha value is -0.640. The number of piperidine rings is 1. The van der Waals surface area contributed by atoms with Crippen LogP contribution in [0.2, 0.25) is 0 Å². The summed E-state index contributed by atoms with van der Waals surface area (Å²) in [5.74, 6) is 0. The minimum atomic E-state index is -0.420. The number of nitrogens with zero attached hydrogens (tertiary/aromatic N) is 1. The highest BCUT2D eigenvalue weighted by atomic mass is 16.6. The fraction of sp³-hybridized carbons (Fsp3) is 1.00. The second kappa shape index (κ2) is 2.77. The molecule has 0 aromatic carbocycles. The Morgan fingerprint density at radius 1 is 1.64 bits per heavy atom. The summed E-state index contributed by atoms with van der Waals surface area (Å²) in [5.41, 5.74) is -0.144. The monoisotopic (exact) mass is 158 g/mol. The standard InChI is InChI=1S/C7H14N2O2/c1-7(2)3-4-8-5-6(7)9(10)11/h6,8H,3-5H2,1-2H3/t6-/m1/s1. The Balaban J connectivity index is 2.67. The van der Waals surface area contributed by atoms with Crippen LogP contribution in [-0.4, -0.2) is 24.1 Å². The van der Waals surface area contributed by atoms with E-state index in [0.717, 1.165) is 13.0 Å². The van der Waals surface area contributed by atoms with Crippen LogP contribution in [0.3, 0.4) is 0 Å². The van der Waals surface area contributed by atoms with Gasteiger partial charge in [0.25, 0.3) is 0 Å². The summed E-state index contributed by atoms with van der Waals surface area (Å²) < 4.78 is 0. The zero-order valence-corrected chi connectivity index (χ0v) is 6.96. The van der Waals surface area contributed by atoms with Gasteiger partial charge in [-0.3, -0.25) is 10.1 Å². The number of hydrogen-bond acceptors (Lipinski definition) is 3. The SMILES string of the molecule is CC1(C)CCNC[C@H]1[N+](=O)[O-]. The Morgan fingerprint density at radius 2 is 2.27 bits per heavy atom. The largest absolute Gasteiger partial charge is 0.310 e. The number of nitrogens with one attached hydrogen (secondary N) is 1. The summed E-state index contributed by atoms with van der Waals surface area (Å²) in [7, 11) is 0. The van der Waals surface area contributed by atoms with Gasteiger partial charge >= 0.3 is 0 Å². The molecule has 0 aromatic heterocycles. The smallest absolute Gasteiger partial charge is 0.230 e. The van der Waals surface area contributed by atoms with E-state index < -0.39 is 6.04 Å². The fourth-order valence-electron chi connectivity index (χ4n) is 1.45. The summed E-state index contributed by atoms with van der Waals surface area (Å²) in [5, 5.41) is 13.6. The van der Waals surface area contributed by atoms with Gasteiger partial charge in [0.05, 0.1) is 6.54 Å².